The van der Waals surface area contributed by atoms with E-state index in [1.165, 1.54) is 53.8 Å². The first-order valence-corrected chi connectivity index (χ1v) is 12.0. The van der Waals surface area contributed by atoms with Gasteiger partial charge in [-0.3, -0.25) is 0 Å². The van der Waals surface area contributed by atoms with Crippen LogP contribution in [-0.4, -0.2) is 5.54 Å². The summed E-state index contributed by atoms with van der Waals surface area (Å²) < 4.78 is 2.68. The molecule has 0 unspecified atom stereocenters. The molecule has 1 aromatic heterocycles. The number of thiophene rings is 1. The minimum absolute atomic E-state index is 0.0748. The van der Waals surface area contributed by atoms with E-state index in [9.17, 15) is 0 Å². The number of hydrogen-bond acceptors (Lipinski definition) is 2. The van der Waals surface area contributed by atoms with E-state index < -0.39 is 0 Å². The summed E-state index contributed by atoms with van der Waals surface area (Å²) in [6.07, 6.45) is 0. The van der Waals surface area contributed by atoms with E-state index in [1.54, 1.807) is 0 Å². The molecule has 0 N–H and O–H groups in total. The van der Waals surface area contributed by atoms with Crippen molar-refractivity contribution in [3.63, 3.8) is 0 Å². The number of anilines is 2. The minimum Gasteiger partial charge on any atom is -0.336 e. The lowest BCUT2D eigenvalue weighted by Gasteiger charge is -2.38. The van der Waals surface area contributed by atoms with Gasteiger partial charge in [0, 0.05) is 31.4 Å². The molecule has 0 bridgehead atoms. The van der Waals surface area contributed by atoms with Gasteiger partial charge in [-0.2, -0.15) is 0 Å². The molecule has 0 amide bonds. The highest BCUT2D eigenvalue weighted by atomic mass is 32.1. The molecule has 0 spiro atoms. The van der Waals surface area contributed by atoms with Crippen LogP contribution in [-0.2, 0) is 0 Å². The molecular weight excluding hydrogens is 406 g/mol. The second-order valence-corrected chi connectivity index (χ2v) is 10.7. The lowest BCUT2D eigenvalue weighted by Crippen LogP contribution is -2.37. The van der Waals surface area contributed by atoms with Gasteiger partial charge >= 0.3 is 0 Å². The molecule has 0 aliphatic rings. The first-order chi connectivity index (χ1) is 15.3. The van der Waals surface area contributed by atoms with Crippen LogP contribution in [0.25, 0.3) is 31.3 Å². The van der Waals surface area contributed by atoms with Crippen molar-refractivity contribution < 1.29 is 0 Å². The molecule has 0 aliphatic carbocycles. The molecule has 0 aliphatic heterocycles. The summed E-state index contributed by atoms with van der Waals surface area (Å²) in [6, 6.07) is 31.1. The predicted octanol–water partition coefficient (Wildman–Crippen LogP) is 9.27. The minimum atomic E-state index is -0.0748. The smallest absolute Gasteiger partial charge is 0.0510 e. The maximum absolute atomic E-state index is 2.50. The maximum Gasteiger partial charge on any atom is 0.0510 e. The SMILES string of the molecule is Cc1cccc(-c2ccc(N(c3cccc4sc5ccccc5c34)C(C)(C)C)cc2C)c1. The predicted molar refractivity (Wildman–Crippen MR) is 143 cm³/mol. The zero-order valence-corrected chi connectivity index (χ0v) is 20.3. The first-order valence-electron chi connectivity index (χ1n) is 11.2. The highest BCUT2D eigenvalue weighted by Gasteiger charge is 2.26. The summed E-state index contributed by atoms with van der Waals surface area (Å²) in [4.78, 5) is 2.50. The van der Waals surface area contributed by atoms with Crippen molar-refractivity contribution in [1.82, 2.24) is 0 Å². The standard InChI is InChI=1S/C30H29NS/c1-20-10-8-11-22(18-20)24-17-16-23(19-21(24)2)31(30(3,4)5)26-13-9-15-28-29(26)25-12-6-7-14-27(25)32-28/h6-19H,1-5H3. The number of nitrogens with zero attached hydrogens (tertiary/aromatic N) is 1. The Morgan fingerprint density at radius 1 is 0.719 bits per heavy atom. The second-order valence-electron chi connectivity index (χ2n) is 9.62. The molecule has 160 valence electrons. The Kier molecular flexibility index (Phi) is 5.06. The summed E-state index contributed by atoms with van der Waals surface area (Å²) in [6.45, 7) is 11.3. The van der Waals surface area contributed by atoms with Crippen LogP contribution in [0.5, 0.6) is 0 Å². The van der Waals surface area contributed by atoms with Crippen molar-refractivity contribution in [2.45, 2.75) is 40.2 Å². The molecule has 2 heteroatoms. The lowest BCUT2D eigenvalue weighted by atomic mass is 9.96. The fraction of sp³-hybridized carbons (Fsp3) is 0.200. The molecule has 0 saturated heterocycles. The topological polar surface area (TPSA) is 3.24 Å². The number of fused-ring (bicyclic) bond motifs is 3. The Morgan fingerprint density at radius 3 is 2.22 bits per heavy atom. The zero-order valence-electron chi connectivity index (χ0n) is 19.4. The fourth-order valence-electron chi connectivity index (χ4n) is 4.75. The maximum atomic E-state index is 2.50. The van der Waals surface area contributed by atoms with Crippen LogP contribution in [0.4, 0.5) is 11.4 Å². The van der Waals surface area contributed by atoms with E-state index in [0.29, 0.717) is 0 Å². The number of benzene rings is 4. The van der Waals surface area contributed by atoms with Gasteiger partial charge in [-0.05, 0) is 81.6 Å². The highest BCUT2D eigenvalue weighted by molar-refractivity contribution is 7.25. The average Bonchev–Trinajstić information content (AvgIpc) is 3.12. The van der Waals surface area contributed by atoms with E-state index in [0.717, 1.165) is 0 Å². The quantitative estimate of drug-likeness (QED) is 0.273. The molecule has 0 fully saturated rings. The summed E-state index contributed by atoms with van der Waals surface area (Å²) in [5, 5.41) is 2.69. The lowest BCUT2D eigenvalue weighted by molar-refractivity contribution is 0.561. The van der Waals surface area contributed by atoms with Gasteiger partial charge in [-0.15, -0.1) is 11.3 Å². The largest absolute Gasteiger partial charge is 0.336 e. The third-order valence-electron chi connectivity index (χ3n) is 6.09. The van der Waals surface area contributed by atoms with Crippen molar-refractivity contribution in [3.8, 4) is 11.1 Å². The van der Waals surface area contributed by atoms with Crippen LogP contribution >= 0.6 is 11.3 Å². The van der Waals surface area contributed by atoms with Crippen molar-refractivity contribution in [1.29, 1.82) is 0 Å². The molecule has 32 heavy (non-hydrogen) atoms. The molecule has 1 heterocycles. The molecule has 0 radical (unpaired) electrons. The average molecular weight is 436 g/mol. The highest BCUT2D eigenvalue weighted by Crippen LogP contribution is 2.44. The second kappa shape index (κ2) is 7.79. The van der Waals surface area contributed by atoms with E-state index in [4.69, 9.17) is 0 Å². The van der Waals surface area contributed by atoms with Crippen LogP contribution in [0.1, 0.15) is 31.9 Å². The van der Waals surface area contributed by atoms with Crippen molar-refractivity contribution in [2.24, 2.45) is 0 Å². The molecule has 0 atom stereocenters. The molecule has 4 aromatic carbocycles. The Morgan fingerprint density at radius 2 is 1.47 bits per heavy atom. The number of hydrogen-bond donors (Lipinski definition) is 0. The molecular formula is C30H29NS. The Bertz CT molecular complexity index is 1430. The number of aryl methyl sites for hydroxylation is 2. The molecule has 0 saturated carbocycles. The first kappa shape index (κ1) is 20.8. The van der Waals surface area contributed by atoms with Crippen LogP contribution < -0.4 is 4.90 Å². The van der Waals surface area contributed by atoms with Gasteiger partial charge in [0.05, 0.1) is 5.69 Å². The summed E-state index contributed by atoms with van der Waals surface area (Å²) in [5.41, 5.74) is 7.59. The van der Waals surface area contributed by atoms with E-state index >= 15 is 0 Å². The van der Waals surface area contributed by atoms with Gasteiger partial charge in [-0.1, -0.05) is 60.2 Å². The Hall–Kier alpha value is -3.10. The van der Waals surface area contributed by atoms with Crippen LogP contribution in [0.3, 0.4) is 0 Å². The molecule has 5 rings (SSSR count). The van der Waals surface area contributed by atoms with E-state index in [2.05, 4.69) is 124 Å². The van der Waals surface area contributed by atoms with Crippen LogP contribution in [0, 0.1) is 13.8 Å². The van der Waals surface area contributed by atoms with E-state index in [1.807, 2.05) is 11.3 Å². The molecule has 1 nitrogen and oxygen atoms in total. The van der Waals surface area contributed by atoms with E-state index in [-0.39, 0.29) is 5.54 Å². The Balaban J connectivity index is 1.70. The fourth-order valence-corrected chi connectivity index (χ4v) is 5.88. The normalized spacial score (nSPS) is 11.9. The van der Waals surface area contributed by atoms with Gasteiger partial charge in [0.1, 0.15) is 0 Å². The summed E-state index contributed by atoms with van der Waals surface area (Å²) in [5.74, 6) is 0. The van der Waals surface area contributed by atoms with Gasteiger partial charge < -0.3 is 4.90 Å². The zero-order chi connectivity index (χ0) is 22.5. The summed E-state index contributed by atoms with van der Waals surface area (Å²) >= 11 is 1.88. The van der Waals surface area contributed by atoms with Gasteiger partial charge in [0.2, 0.25) is 0 Å². The third-order valence-corrected chi connectivity index (χ3v) is 7.23. The van der Waals surface area contributed by atoms with Gasteiger partial charge in [-0.25, -0.2) is 0 Å². The van der Waals surface area contributed by atoms with Gasteiger partial charge in [0.15, 0.2) is 0 Å². The Labute approximate surface area is 194 Å². The van der Waals surface area contributed by atoms with Crippen molar-refractivity contribution in [2.75, 3.05) is 4.90 Å². The van der Waals surface area contributed by atoms with Crippen molar-refractivity contribution >= 4 is 42.9 Å². The van der Waals surface area contributed by atoms with Crippen LogP contribution in [0.2, 0.25) is 0 Å². The summed E-state index contributed by atoms with van der Waals surface area (Å²) in [7, 11) is 0. The third kappa shape index (κ3) is 3.59. The van der Waals surface area contributed by atoms with Crippen LogP contribution in [0.15, 0.2) is 84.9 Å². The van der Waals surface area contributed by atoms with Gasteiger partial charge in [0.25, 0.3) is 0 Å². The number of rotatable bonds is 3. The van der Waals surface area contributed by atoms with Crippen molar-refractivity contribution in [3.05, 3.63) is 96.1 Å². The molecule has 5 aromatic rings. The monoisotopic (exact) mass is 435 g/mol.